The van der Waals surface area contributed by atoms with Crippen LogP contribution in [0, 0.1) is 0 Å². The molecule has 0 aliphatic heterocycles. The molecule has 0 saturated heterocycles. The summed E-state index contributed by atoms with van der Waals surface area (Å²) in [5.41, 5.74) is 5.62. The first kappa shape index (κ1) is 11.8. The van der Waals surface area contributed by atoms with Crippen LogP contribution in [0.4, 0.5) is 14.5 Å². The zero-order valence-electron chi connectivity index (χ0n) is 8.89. The lowest BCUT2D eigenvalue weighted by atomic mass is 10.1. The standard InChI is InChI=1S/C11H15F2NO/c1-3-6-15-10-5-4-8(14)7-9(10)11(2,12)13/h4-5,7H,3,6,14H2,1-2H3. The topological polar surface area (TPSA) is 35.2 Å². The summed E-state index contributed by atoms with van der Waals surface area (Å²) in [6.45, 7) is 3.18. The number of ether oxygens (including phenoxy) is 1. The molecule has 0 spiro atoms. The number of hydrogen-bond donors (Lipinski definition) is 1. The summed E-state index contributed by atoms with van der Waals surface area (Å²) in [4.78, 5) is 0. The van der Waals surface area contributed by atoms with Crippen molar-refractivity contribution in [3.8, 4) is 5.75 Å². The van der Waals surface area contributed by atoms with Gasteiger partial charge in [-0.1, -0.05) is 6.92 Å². The van der Waals surface area contributed by atoms with Gasteiger partial charge in [-0.3, -0.25) is 0 Å². The third kappa shape index (κ3) is 3.08. The predicted octanol–water partition coefficient (Wildman–Crippen LogP) is 3.17. The van der Waals surface area contributed by atoms with Gasteiger partial charge in [-0.05, 0) is 24.6 Å². The molecule has 0 saturated carbocycles. The Labute approximate surface area is 88.0 Å². The minimum atomic E-state index is -2.93. The summed E-state index contributed by atoms with van der Waals surface area (Å²) >= 11 is 0. The van der Waals surface area contributed by atoms with E-state index in [-0.39, 0.29) is 11.3 Å². The van der Waals surface area contributed by atoms with E-state index in [0.717, 1.165) is 13.3 Å². The molecular weight excluding hydrogens is 200 g/mol. The summed E-state index contributed by atoms with van der Waals surface area (Å²) < 4.78 is 31.6. The van der Waals surface area contributed by atoms with Crippen molar-refractivity contribution < 1.29 is 13.5 Å². The second-order valence-electron chi connectivity index (χ2n) is 3.49. The second kappa shape index (κ2) is 4.47. The lowest BCUT2D eigenvalue weighted by molar-refractivity contribution is 0.0145. The number of anilines is 1. The molecule has 2 nitrogen and oxygen atoms in total. The maximum Gasteiger partial charge on any atom is 0.274 e. The summed E-state index contributed by atoms with van der Waals surface area (Å²) in [6.07, 6.45) is 0.777. The third-order valence-corrected chi connectivity index (χ3v) is 1.94. The highest BCUT2D eigenvalue weighted by molar-refractivity contribution is 5.49. The van der Waals surface area contributed by atoms with E-state index in [1.807, 2.05) is 6.92 Å². The van der Waals surface area contributed by atoms with E-state index in [1.165, 1.54) is 12.1 Å². The van der Waals surface area contributed by atoms with Crippen molar-refractivity contribution >= 4 is 5.69 Å². The maximum atomic E-state index is 13.2. The quantitative estimate of drug-likeness (QED) is 0.783. The smallest absolute Gasteiger partial charge is 0.274 e. The lowest BCUT2D eigenvalue weighted by Crippen LogP contribution is -2.11. The first-order valence-electron chi connectivity index (χ1n) is 4.85. The van der Waals surface area contributed by atoms with Crippen molar-refractivity contribution in [1.29, 1.82) is 0 Å². The number of halogens is 2. The number of alkyl halides is 2. The van der Waals surface area contributed by atoms with Crippen LogP contribution in [0.25, 0.3) is 0 Å². The second-order valence-corrected chi connectivity index (χ2v) is 3.49. The van der Waals surface area contributed by atoms with Crippen molar-refractivity contribution in [1.82, 2.24) is 0 Å². The van der Waals surface area contributed by atoms with Gasteiger partial charge in [0.25, 0.3) is 5.92 Å². The molecule has 0 atom stereocenters. The van der Waals surface area contributed by atoms with E-state index in [9.17, 15) is 8.78 Å². The first-order valence-corrected chi connectivity index (χ1v) is 4.85. The summed E-state index contributed by atoms with van der Waals surface area (Å²) in [5.74, 6) is -2.73. The first-order chi connectivity index (χ1) is 6.95. The molecule has 4 heteroatoms. The van der Waals surface area contributed by atoms with Crippen molar-refractivity contribution in [2.24, 2.45) is 0 Å². The van der Waals surface area contributed by atoms with Crippen LogP contribution in [0.3, 0.4) is 0 Å². The van der Waals surface area contributed by atoms with E-state index in [0.29, 0.717) is 12.3 Å². The highest BCUT2D eigenvalue weighted by Gasteiger charge is 2.28. The van der Waals surface area contributed by atoms with Crippen LogP contribution in [-0.2, 0) is 5.92 Å². The lowest BCUT2D eigenvalue weighted by Gasteiger charge is -2.16. The highest BCUT2D eigenvalue weighted by atomic mass is 19.3. The Balaban J connectivity index is 3.04. The molecule has 0 aliphatic rings. The molecule has 0 aromatic heterocycles. The van der Waals surface area contributed by atoms with Gasteiger partial charge in [-0.2, -0.15) is 0 Å². The van der Waals surface area contributed by atoms with Crippen LogP contribution in [0.2, 0.25) is 0 Å². The van der Waals surface area contributed by atoms with E-state index in [4.69, 9.17) is 10.5 Å². The molecule has 84 valence electrons. The number of nitrogen functional groups attached to an aromatic ring is 1. The van der Waals surface area contributed by atoms with E-state index >= 15 is 0 Å². The molecular formula is C11H15F2NO. The number of benzene rings is 1. The van der Waals surface area contributed by atoms with Gasteiger partial charge in [0.1, 0.15) is 5.75 Å². The van der Waals surface area contributed by atoms with Crippen LogP contribution in [0.1, 0.15) is 25.8 Å². The van der Waals surface area contributed by atoms with Crippen LogP contribution < -0.4 is 10.5 Å². The van der Waals surface area contributed by atoms with Crippen molar-refractivity contribution in [3.63, 3.8) is 0 Å². The Morgan fingerprint density at radius 1 is 1.40 bits per heavy atom. The van der Waals surface area contributed by atoms with Gasteiger partial charge in [-0.15, -0.1) is 0 Å². The van der Waals surface area contributed by atoms with Crippen LogP contribution in [0.5, 0.6) is 5.75 Å². The molecule has 2 N–H and O–H groups in total. The van der Waals surface area contributed by atoms with Crippen LogP contribution >= 0.6 is 0 Å². The average Bonchev–Trinajstić information content (AvgIpc) is 2.14. The maximum absolute atomic E-state index is 13.2. The Morgan fingerprint density at radius 3 is 2.60 bits per heavy atom. The largest absolute Gasteiger partial charge is 0.493 e. The Bertz CT molecular complexity index is 334. The molecule has 0 unspecified atom stereocenters. The van der Waals surface area contributed by atoms with Gasteiger partial charge in [0.15, 0.2) is 0 Å². The fourth-order valence-corrected chi connectivity index (χ4v) is 1.23. The molecule has 0 fully saturated rings. The summed E-state index contributed by atoms with van der Waals surface area (Å²) in [7, 11) is 0. The van der Waals surface area contributed by atoms with Gasteiger partial charge in [-0.25, -0.2) is 8.78 Å². The molecule has 0 amide bonds. The molecule has 1 aromatic carbocycles. The van der Waals surface area contributed by atoms with E-state index < -0.39 is 5.92 Å². The van der Waals surface area contributed by atoms with Crippen LogP contribution in [-0.4, -0.2) is 6.61 Å². The molecule has 1 rings (SSSR count). The predicted molar refractivity (Wildman–Crippen MR) is 56.2 cm³/mol. The van der Waals surface area contributed by atoms with E-state index in [1.54, 1.807) is 6.07 Å². The average molecular weight is 215 g/mol. The third-order valence-electron chi connectivity index (χ3n) is 1.94. The van der Waals surface area contributed by atoms with Gasteiger partial charge < -0.3 is 10.5 Å². The van der Waals surface area contributed by atoms with Crippen molar-refractivity contribution in [2.75, 3.05) is 12.3 Å². The fraction of sp³-hybridized carbons (Fsp3) is 0.455. The Morgan fingerprint density at radius 2 is 2.07 bits per heavy atom. The molecule has 1 aromatic rings. The number of hydrogen-bond acceptors (Lipinski definition) is 2. The minimum Gasteiger partial charge on any atom is -0.493 e. The molecule has 0 bridgehead atoms. The summed E-state index contributed by atoms with van der Waals surface area (Å²) in [6, 6.07) is 4.29. The van der Waals surface area contributed by atoms with Gasteiger partial charge in [0.2, 0.25) is 0 Å². The molecule has 0 radical (unpaired) electrons. The normalized spacial score (nSPS) is 11.5. The van der Waals surface area contributed by atoms with E-state index in [2.05, 4.69) is 0 Å². The summed E-state index contributed by atoms with van der Waals surface area (Å²) in [5, 5.41) is 0. The Kier molecular flexibility index (Phi) is 3.50. The SMILES string of the molecule is CCCOc1ccc(N)cc1C(C)(F)F. The minimum absolute atomic E-state index is 0.157. The van der Waals surface area contributed by atoms with Crippen molar-refractivity contribution in [3.05, 3.63) is 23.8 Å². The Hall–Kier alpha value is -1.32. The zero-order valence-corrected chi connectivity index (χ0v) is 8.89. The monoisotopic (exact) mass is 215 g/mol. The fourth-order valence-electron chi connectivity index (χ4n) is 1.23. The molecule has 0 heterocycles. The van der Waals surface area contributed by atoms with Gasteiger partial charge in [0.05, 0.1) is 12.2 Å². The van der Waals surface area contributed by atoms with Crippen LogP contribution in [0.15, 0.2) is 18.2 Å². The highest BCUT2D eigenvalue weighted by Crippen LogP contribution is 2.35. The number of nitrogens with two attached hydrogens (primary N) is 1. The van der Waals surface area contributed by atoms with Crippen molar-refractivity contribution in [2.45, 2.75) is 26.2 Å². The zero-order chi connectivity index (χ0) is 11.5. The molecule has 0 aliphatic carbocycles. The van der Waals surface area contributed by atoms with Gasteiger partial charge >= 0.3 is 0 Å². The molecule has 15 heavy (non-hydrogen) atoms. The van der Waals surface area contributed by atoms with Gasteiger partial charge in [0, 0.05) is 12.6 Å². The number of rotatable bonds is 4.